The quantitative estimate of drug-likeness (QED) is 0.543. The number of nitrogens with zero attached hydrogens (tertiary/aromatic N) is 2. The van der Waals surface area contributed by atoms with Gasteiger partial charge in [-0.3, -0.25) is 4.79 Å². The molecule has 0 saturated carbocycles. The Hall–Kier alpha value is -2.04. The van der Waals surface area contributed by atoms with Crippen molar-refractivity contribution < 1.29 is 26.4 Å². The van der Waals surface area contributed by atoms with Crippen molar-refractivity contribution in [2.24, 2.45) is 0 Å². The Balaban J connectivity index is 1.67. The van der Waals surface area contributed by atoms with Crippen LogP contribution in [0.3, 0.4) is 0 Å². The Bertz CT molecular complexity index is 943. The number of rotatable bonds is 4. The van der Waals surface area contributed by atoms with E-state index in [2.05, 4.69) is 0 Å². The normalized spacial score (nSPS) is 18.9. The van der Waals surface area contributed by atoms with Gasteiger partial charge < -0.3 is 4.90 Å². The van der Waals surface area contributed by atoms with Crippen LogP contribution in [0.2, 0.25) is 0 Å². The Kier molecular flexibility index (Phi) is 5.74. The molecule has 1 saturated heterocycles. The van der Waals surface area contributed by atoms with Gasteiger partial charge in [0.05, 0.1) is 4.91 Å². The number of anilines is 1. The van der Waals surface area contributed by atoms with E-state index >= 15 is 0 Å². The van der Waals surface area contributed by atoms with Crippen molar-refractivity contribution in [3.05, 3.63) is 53.0 Å². The van der Waals surface area contributed by atoms with Crippen molar-refractivity contribution in [3.63, 3.8) is 0 Å². The molecule has 2 aliphatic rings. The molecular formula is C18H17F3N2O3S2. The summed E-state index contributed by atoms with van der Waals surface area (Å²) in [4.78, 5) is 13.6. The standard InChI is InChI=1S/C18H17F3N2O3S2/c19-18(20,21)17(24)13-5-7-14(8-6-13)22-9-11-23(12-10-22)28(25,26)16-4-2-1-3-15(16)27/h1-2,4-8H,3,9-12H2. The highest BCUT2D eigenvalue weighted by Gasteiger charge is 2.39. The SMILES string of the molecule is O=C(c1ccc(N2CCN(S(=O)(=O)C3=CC=CCC3=S)CC2)cc1)C(F)(F)F. The van der Waals surface area contributed by atoms with Crippen molar-refractivity contribution in [1.82, 2.24) is 4.31 Å². The van der Waals surface area contributed by atoms with Crippen LogP contribution in [0.4, 0.5) is 18.9 Å². The summed E-state index contributed by atoms with van der Waals surface area (Å²) in [5.41, 5.74) is 0.203. The molecule has 0 aromatic heterocycles. The number of benzene rings is 1. The molecule has 1 heterocycles. The third-order valence-electron chi connectivity index (χ3n) is 4.57. The van der Waals surface area contributed by atoms with E-state index in [1.54, 1.807) is 12.2 Å². The second-order valence-electron chi connectivity index (χ2n) is 6.35. The summed E-state index contributed by atoms with van der Waals surface area (Å²) < 4.78 is 64.4. The second kappa shape index (κ2) is 7.76. The van der Waals surface area contributed by atoms with Gasteiger partial charge in [0, 0.05) is 48.7 Å². The maximum Gasteiger partial charge on any atom is 0.454 e. The predicted octanol–water partition coefficient (Wildman–Crippen LogP) is 3.10. The first kappa shape index (κ1) is 20.7. The van der Waals surface area contributed by atoms with Gasteiger partial charge in [-0.25, -0.2) is 8.42 Å². The van der Waals surface area contributed by atoms with E-state index in [0.717, 1.165) is 12.1 Å². The topological polar surface area (TPSA) is 57.7 Å². The third kappa shape index (κ3) is 4.18. The van der Waals surface area contributed by atoms with Gasteiger partial charge in [0.25, 0.3) is 5.78 Å². The lowest BCUT2D eigenvalue weighted by atomic mass is 10.1. The lowest BCUT2D eigenvalue weighted by Gasteiger charge is -2.36. The van der Waals surface area contributed by atoms with Crippen molar-refractivity contribution >= 4 is 38.6 Å². The molecule has 28 heavy (non-hydrogen) atoms. The summed E-state index contributed by atoms with van der Waals surface area (Å²) in [6.45, 7) is 1.22. The molecule has 0 atom stereocenters. The molecule has 3 rings (SSSR count). The monoisotopic (exact) mass is 430 g/mol. The van der Waals surface area contributed by atoms with E-state index in [4.69, 9.17) is 12.2 Å². The number of thiocarbonyl (C=S) groups is 1. The zero-order valence-electron chi connectivity index (χ0n) is 14.6. The molecule has 0 radical (unpaired) electrons. The molecule has 0 bridgehead atoms. The van der Waals surface area contributed by atoms with E-state index < -0.39 is 27.5 Å². The highest BCUT2D eigenvalue weighted by atomic mass is 32.2. The number of sulfonamides is 1. The summed E-state index contributed by atoms with van der Waals surface area (Å²) in [6.07, 6.45) is 0.480. The summed E-state index contributed by atoms with van der Waals surface area (Å²) in [5.74, 6) is -1.89. The van der Waals surface area contributed by atoms with Crippen LogP contribution in [-0.4, -0.2) is 55.7 Å². The molecule has 10 heteroatoms. The van der Waals surface area contributed by atoms with E-state index in [0.29, 0.717) is 30.1 Å². The van der Waals surface area contributed by atoms with Crippen LogP contribution in [0.5, 0.6) is 0 Å². The molecule has 0 unspecified atom stereocenters. The van der Waals surface area contributed by atoms with E-state index in [9.17, 15) is 26.4 Å². The number of carbonyl (C=O) groups is 1. The molecule has 0 amide bonds. The smallest absolute Gasteiger partial charge is 0.369 e. The van der Waals surface area contributed by atoms with Crippen LogP contribution in [0.15, 0.2) is 47.4 Å². The number of allylic oxidation sites excluding steroid dienone is 4. The minimum absolute atomic E-state index is 0.147. The first-order chi connectivity index (χ1) is 13.1. The van der Waals surface area contributed by atoms with Crippen LogP contribution in [0, 0.1) is 0 Å². The van der Waals surface area contributed by atoms with Crippen LogP contribution >= 0.6 is 12.2 Å². The van der Waals surface area contributed by atoms with Gasteiger partial charge in [0.15, 0.2) is 0 Å². The van der Waals surface area contributed by atoms with Gasteiger partial charge in [-0.05, 0) is 30.3 Å². The first-order valence-corrected chi connectivity index (χ1v) is 10.3. The predicted molar refractivity (Wildman–Crippen MR) is 104 cm³/mol. The lowest BCUT2D eigenvalue weighted by molar-refractivity contribution is -0.0885. The van der Waals surface area contributed by atoms with Crippen molar-refractivity contribution in [2.75, 3.05) is 31.1 Å². The average molecular weight is 430 g/mol. The number of ketones is 1. The molecule has 1 aliphatic heterocycles. The van der Waals surface area contributed by atoms with Crippen LogP contribution in [0.25, 0.3) is 0 Å². The number of Topliss-reactive ketones (excluding diaryl/α,β-unsaturated/α-hetero) is 1. The molecule has 1 aromatic rings. The molecule has 150 valence electrons. The molecule has 5 nitrogen and oxygen atoms in total. The minimum Gasteiger partial charge on any atom is -0.369 e. The average Bonchev–Trinajstić information content (AvgIpc) is 2.67. The number of alkyl halides is 3. The Labute approximate surface area is 166 Å². The second-order valence-corrected chi connectivity index (χ2v) is 8.75. The summed E-state index contributed by atoms with van der Waals surface area (Å²) >= 11 is 5.16. The van der Waals surface area contributed by atoms with E-state index in [1.165, 1.54) is 22.5 Å². The maximum atomic E-state index is 12.8. The van der Waals surface area contributed by atoms with E-state index in [1.807, 2.05) is 4.90 Å². The number of halogens is 3. The van der Waals surface area contributed by atoms with Crippen LogP contribution in [-0.2, 0) is 10.0 Å². The number of carbonyl (C=O) groups excluding carboxylic acids is 1. The van der Waals surface area contributed by atoms with Crippen molar-refractivity contribution in [3.8, 4) is 0 Å². The van der Waals surface area contributed by atoms with Gasteiger partial charge in [0.2, 0.25) is 10.0 Å². The molecule has 1 aromatic carbocycles. The van der Waals surface area contributed by atoms with Crippen LogP contribution in [0.1, 0.15) is 16.8 Å². The van der Waals surface area contributed by atoms with Gasteiger partial charge in [-0.15, -0.1) is 0 Å². The Morgan fingerprint density at radius 2 is 1.64 bits per heavy atom. The molecule has 1 aliphatic carbocycles. The fourth-order valence-corrected chi connectivity index (χ4v) is 5.09. The largest absolute Gasteiger partial charge is 0.454 e. The van der Waals surface area contributed by atoms with Gasteiger partial charge in [-0.2, -0.15) is 17.5 Å². The molecular weight excluding hydrogens is 413 g/mol. The van der Waals surface area contributed by atoms with Crippen molar-refractivity contribution in [2.45, 2.75) is 12.6 Å². The number of hydrogen-bond donors (Lipinski definition) is 0. The first-order valence-electron chi connectivity index (χ1n) is 8.47. The molecule has 0 N–H and O–H groups in total. The van der Waals surface area contributed by atoms with Gasteiger partial charge in [0.1, 0.15) is 0 Å². The zero-order chi connectivity index (χ0) is 20.5. The summed E-state index contributed by atoms with van der Waals surface area (Å²) in [6, 6.07) is 5.14. The fraction of sp³-hybridized carbons (Fsp3) is 0.333. The molecule has 0 spiro atoms. The lowest BCUT2D eigenvalue weighted by Crippen LogP contribution is -2.49. The Morgan fingerprint density at radius 1 is 1.04 bits per heavy atom. The zero-order valence-corrected chi connectivity index (χ0v) is 16.3. The Morgan fingerprint density at radius 3 is 2.18 bits per heavy atom. The maximum absolute atomic E-state index is 12.8. The minimum atomic E-state index is -4.91. The summed E-state index contributed by atoms with van der Waals surface area (Å²) in [7, 11) is -3.67. The third-order valence-corrected chi connectivity index (χ3v) is 7.07. The van der Waals surface area contributed by atoms with Crippen LogP contribution < -0.4 is 4.90 Å². The van der Waals surface area contributed by atoms with E-state index in [-0.39, 0.29) is 18.0 Å². The fourth-order valence-electron chi connectivity index (χ4n) is 3.07. The molecule has 1 fully saturated rings. The van der Waals surface area contributed by atoms with Gasteiger partial charge >= 0.3 is 6.18 Å². The van der Waals surface area contributed by atoms with Gasteiger partial charge in [-0.1, -0.05) is 24.4 Å². The number of piperazine rings is 1. The highest BCUT2D eigenvalue weighted by Crippen LogP contribution is 2.26. The summed E-state index contributed by atoms with van der Waals surface area (Å²) in [5, 5.41) is 0. The van der Waals surface area contributed by atoms with Crippen molar-refractivity contribution in [1.29, 1.82) is 0 Å². The highest BCUT2D eigenvalue weighted by molar-refractivity contribution is 7.96. The number of hydrogen-bond acceptors (Lipinski definition) is 5.